The maximum absolute atomic E-state index is 13.4. The molecule has 5 rings (SSSR count). The summed E-state index contributed by atoms with van der Waals surface area (Å²) in [5.41, 5.74) is 3.41. The van der Waals surface area contributed by atoms with Crippen molar-refractivity contribution in [1.29, 1.82) is 0 Å². The molecule has 1 atom stereocenters. The molecule has 0 aliphatic carbocycles. The first-order valence-electron chi connectivity index (χ1n) is 13.6. The Morgan fingerprint density at radius 3 is 2.62 bits per heavy atom. The van der Waals surface area contributed by atoms with Crippen molar-refractivity contribution < 1.29 is 9.50 Å². The van der Waals surface area contributed by atoms with E-state index in [1.54, 1.807) is 12.1 Å². The fourth-order valence-electron chi connectivity index (χ4n) is 4.89. The molecule has 1 aromatic carbocycles. The van der Waals surface area contributed by atoms with Crippen molar-refractivity contribution in [3.05, 3.63) is 53.3 Å². The van der Waals surface area contributed by atoms with Crippen molar-refractivity contribution >= 4 is 45.7 Å². The summed E-state index contributed by atoms with van der Waals surface area (Å²) >= 11 is 3.37. The van der Waals surface area contributed by atoms with Crippen LogP contribution in [-0.4, -0.2) is 99.6 Å². The van der Waals surface area contributed by atoms with E-state index in [0.29, 0.717) is 6.54 Å². The van der Waals surface area contributed by atoms with Gasteiger partial charge >= 0.3 is 0 Å². The number of aliphatic hydroxyl groups is 1. The summed E-state index contributed by atoms with van der Waals surface area (Å²) in [6, 6.07) is 10.5. The molecule has 0 bridgehead atoms. The second kappa shape index (κ2) is 12.8. The zero-order valence-electron chi connectivity index (χ0n) is 23.5. The minimum Gasteiger partial charge on any atom is -0.395 e. The molecule has 1 aliphatic heterocycles. The number of aryl methyl sites for hydroxylation is 1. The largest absolute Gasteiger partial charge is 0.395 e. The molecule has 3 aromatic heterocycles. The van der Waals surface area contributed by atoms with Crippen LogP contribution in [0.5, 0.6) is 0 Å². The van der Waals surface area contributed by atoms with Crippen molar-refractivity contribution in [2.24, 2.45) is 0 Å². The first kappa shape index (κ1) is 28.7. The second-order valence-corrected chi connectivity index (χ2v) is 12.2. The van der Waals surface area contributed by atoms with Crippen molar-refractivity contribution in [1.82, 2.24) is 28.8 Å². The standard InChI is InChI=1S/C28H37FN8OS2/c1-5-23-27(34(4)28-31-24(19-39-28)20-7-9-21(29)10-8-20)37-25(30-23)11-12-26(32-37)35-14-15-36(22(17-35)18-38)40-16-6-13-33(2)3/h7-12,19,22,38H,5-6,13-18H2,1-4H3/t22-/m0/s1. The Bertz CT molecular complexity index is 1410. The highest BCUT2D eigenvalue weighted by molar-refractivity contribution is 7.97. The van der Waals surface area contributed by atoms with Crippen molar-refractivity contribution in [2.45, 2.75) is 25.8 Å². The van der Waals surface area contributed by atoms with Gasteiger partial charge in [-0.05, 0) is 69.9 Å². The molecule has 0 spiro atoms. The van der Waals surface area contributed by atoms with E-state index in [2.05, 4.69) is 35.1 Å². The van der Waals surface area contributed by atoms with Gasteiger partial charge in [0.1, 0.15) is 11.6 Å². The summed E-state index contributed by atoms with van der Waals surface area (Å²) in [4.78, 5) is 16.2. The Morgan fingerprint density at radius 2 is 1.90 bits per heavy atom. The third-order valence-corrected chi connectivity index (χ3v) is 9.25. The number of halogens is 1. The van der Waals surface area contributed by atoms with Gasteiger partial charge < -0.3 is 19.8 Å². The molecule has 214 valence electrons. The molecular weight excluding hydrogens is 547 g/mol. The van der Waals surface area contributed by atoms with Gasteiger partial charge in [-0.1, -0.05) is 18.9 Å². The lowest BCUT2D eigenvalue weighted by molar-refractivity contribution is 0.184. The summed E-state index contributed by atoms with van der Waals surface area (Å²) in [5.74, 6) is 2.53. The Morgan fingerprint density at radius 1 is 1.10 bits per heavy atom. The van der Waals surface area contributed by atoms with E-state index in [0.717, 1.165) is 77.6 Å². The van der Waals surface area contributed by atoms with Gasteiger partial charge in [-0.25, -0.2) is 18.7 Å². The number of anilines is 3. The first-order valence-corrected chi connectivity index (χ1v) is 15.4. The number of aromatic nitrogens is 4. The topological polar surface area (TPSA) is 76.3 Å². The average molecular weight is 585 g/mol. The monoisotopic (exact) mass is 584 g/mol. The average Bonchev–Trinajstić information content (AvgIpc) is 3.60. The van der Waals surface area contributed by atoms with E-state index in [-0.39, 0.29) is 18.5 Å². The molecule has 9 nitrogen and oxygen atoms in total. The summed E-state index contributed by atoms with van der Waals surface area (Å²) in [6.07, 6.45) is 1.88. The van der Waals surface area contributed by atoms with Crippen molar-refractivity contribution in [3.63, 3.8) is 0 Å². The van der Waals surface area contributed by atoms with Crippen LogP contribution < -0.4 is 9.80 Å². The van der Waals surface area contributed by atoms with E-state index in [9.17, 15) is 9.50 Å². The highest BCUT2D eigenvalue weighted by atomic mass is 32.2. The lowest BCUT2D eigenvalue weighted by atomic mass is 10.2. The van der Waals surface area contributed by atoms with E-state index >= 15 is 0 Å². The molecule has 0 unspecified atom stereocenters. The maximum atomic E-state index is 13.4. The van der Waals surface area contributed by atoms with Crippen molar-refractivity contribution in [3.8, 4) is 11.3 Å². The third kappa shape index (κ3) is 6.26. The molecule has 1 saturated heterocycles. The number of imidazole rings is 1. The number of rotatable bonds is 11. The SMILES string of the molecule is CCc1nc2ccc(N3CCN(SCCCN(C)C)[C@H](CO)C3)nn2c1N(C)c1nc(-c2ccc(F)cc2)cs1. The molecular formula is C28H37FN8OS2. The fourth-order valence-corrected chi connectivity index (χ4v) is 6.74. The van der Waals surface area contributed by atoms with Gasteiger partial charge in [0.2, 0.25) is 0 Å². The number of aliphatic hydroxyl groups excluding tert-OH is 1. The molecule has 4 heterocycles. The van der Waals surface area contributed by atoms with Gasteiger partial charge in [0.25, 0.3) is 0 Å². The molecule has 40 heavy (non-hydrogen) atoms. The van der Waals surface area contributed by atoms with Crippen LogP contribution in [0.15, 0.2) is 41.8 Å². The molecule has 0 amide bonds. The molecule has 4 aromatic rings. The third-order valence-electron chi connectivity index (χ3n) is 7.05. The highest BCUT2D eigenvalue weighted by Gasteiger charge is 2.28. The fraction of sp³-hybridized carbons (Fsp3) is 0.464. The Balaban J connectivity index is 1.36. The number of hydrogen-bond donors (Lipinski definition) is 1. The number of benzene rings is 1. The van der Waals surface area contributed by atoms with Crippen LogP contribution in [0.4, 0.5) is 21.2 Å². The van der Waals surface area contributed by atoms with E-state index in [4.69, 9.17) is 15.1 Å². The predicted octanol–water partition coefficient (Wildman–Crippen LogP) is 4.41. The van der Waals surface area contributed by atoms with Gasteiger partial charge in [0.15, 0.2) is 16.6 Å². The number of thiazole rings is 1. The van der Waals surface area contributed by atoms with Crippen LogP contribution in [0.25, 0.3) is 16.9 Å². The van der Waals surface area contributed by atoms with Crippen LogP contribution in [0.1, 0.15) is 19.0 Å². The molecule has 12 heteroatoms. The summed E-state index contributed by atoms with van der Waals surface area (Å²) in [5, 5.41) is 18.0. The minimum absolute atomic E-state index is 0.0481. The molecule has 1 aliphatic rings. The predicted molar refractivity (Wildman–Crippen MR) is 163 cm³/mol. The summed E-state index contributed by atoms with van der Waals surface area (Å²) in [6.45, 7) is 5.68. The number of fused-ring (bicyclic) bond motifs is 1. The Labute approximate surface area is 243 Å². The molecule has 1 fully saturated rings. The van der Waals surface area contributed by atoms with Crippen molar-refractivity contribution in [2.75, 3.05) is 69.5 Å². The van der Waals surface area contributed by atoms with Gasteiger partial charge in [-0.15, -0.1) is 16.4 Å². The highest BCUT2D eigenvalue weighted by Crippen LogP contribution is 2.34. The normalized spacial score (nSPS) is 16.4. The number of nitrogens with zero attached hydrogens (tertiary/aromatic N) is 8. The van der Waals surface area contributed by atoms with E-state index in [1.807, 2.05) is 45.9 Å². The Kier molecular flexibility index (Phi) is 9.21. The molecule has 1 N–H and O–H groups in total. The Hall–Kier alpha value is -2.77. The van der Waals surface area contributed by atoms with Crippen LogP contribution >= 0.6 is 23.3 Å². The first-order chi connectivity index (χ1) is 19.4. The van der Waals surface area contributed by atoms with Gasteiger partial charge in [0.05, 0.1) is 24.0 Å². The van der Waals surface area contributed by atoms with Gasteiger partial charge in [-0.3, -0.25) is 0 Å². The summed E-state index contributed by atoms with van der Waals surface area (Å²) in [7, 11) is 6.18. The van der Waals surface area contributed by atoms with Gasteiger partial charge in [-0.2, -0.15) is 4.52 Å². The zero-order chi connectivity index (χ0) is 28.2. The van der Waals surface area contributed by atoms with Crippen LogP contribution in [0.3, 0.4) is 0 Å². The molecule has 0 saturated carbocycles. The quantitative estimate of drug-likeness (QED) is 0.204. The zero-order valence-corrected chi connectivity index (χ0v) is 25.1. The van der Waals surface area contributed by atoms with Gasteiger partial charge in [0, 0.05) is 43.4 Å². The summed E-state index contributed by atoms with van der Waals surface area (Å²) < 4.78 is 17.6. The number of piperazine rings is 1. The maximum Gasteiger partial charge on any atom is 0.191 e. The van der Waals surface area contributed by atoms with E-state index in [1.165, 1.54) is 23.5 Å². The minimum atomic E-state index is -0.262. The number of hydrogen-bond acceptors (Lipinski definition) is 10. The van der Waals surface area contributed by atoms with Crippen LogP contribution in [0.2, 0.25) is 0 Å². The molecule has 0 radical (unpaired) electrons. The smallest absolute Gasteiger partial charge is 0.191 e. The van der Waals surface area contributed by atoms with E-state index < -0.39 is 0 Å². The van der Waals surface area contributed by atoms with Crippen LogP contribution in [-0.2, 0) is 6.42 Å². The lowest BCUT2D eigenvalue weighted by Gasteiger charge is -2.40. The second-order valence-electron chi connectivity index (χ2n) is 10.2. The lowest BCUT2D eigenvalue weighted by Crippen LogP contribution is -2.52. The van der Waals surface area contributed by atoms with Crippen LogP contribution in [0, 0.1) is 5.82 Å².